The van der Waals surface area contributed by atoms with Crippen LogP contribution in [0.15, 0.2) is 127 Å². The molecular weight excluding hydrogens is 970 g/mol. The Morgan fingerprint density at radius 2 is 1.05 bits per heavy atom. The van der Waals surface area contributed by atoms with Gasteiger partial charge in [-0.2, -0.15) is 5.10 Å². The predicted octanol–water partition coefficient (Wildman–Crippen LogP) is 12.5. The van der Waals surface area contributed by atoms with Crippen molar-refractivity contribution in [2.45, 2.75) is 40.6 Å². The maximum Gasteiger partial charge on any atom is 0.573 e. The molecule has 0 saturated carbocycles. The molecule has 0 fully saturated rings. The number of nitrogens with zero attached hydrogens (tertiary/aromatic N) is 6. The molecule has 20 heteroatoms. The van der Waals surface area contributed by atoms with E-state index in [1.54, 1.807) is 47.7 Å². The van der Waals surface area contributed by atoms with Gasteiger partial charge in [-0.1, -0.05) is 39.3 Å². The first kappa shape index (κ1) is 46.1. The first-order chi connectivity index (χ1) is 29.5. The average Bonchev–Trinajstić information content (AvgIpc) is 4.04. The highest BCUT2D eigenvalue weighted by Crippen LogP contribution is 2.40. The summed E-state index contributed by atoms with van der Waals surface area (Å²) in [6.07, 6.45) is -6.06. The van der Waals surface area contributed by atoms with Crippen LogP contribution in [-0.2, 0) is 6.61 Å². The molecule has 0 unspecified atom stereocenters. The lowest BCUT2D eigenvalue weighted by molar-refractivity contribution is -0.275. The van der Waals surface area contributed by atoms with E-state index in [0.29, 0.717) is 79.9 Å². The second-order valence-electron chi connectivity index (χ2n) is 13.0. The summed E-state index contributed by atoms with van der Waals surface area (Å²) in [6, 6.07) is 25.4. The number of alkyl halides is 6. The Kier molecular flexibility index (Phi) is 13.9. The van der Waals surface area contributed by atoms with Gasteiger partial charge in [-0.25, -0.2) is 19.3 Å². The number of methoxy groups -OCH3 is 1. The van der Waals surface area contributed by atoms with Crippen LogP contribution >= 0.6 is 31.9 Å². The zero-order valence-corrected chi connectivity index (χ0v) is 35.5. The molecule has 4 aromatic heterocycles. The minimum atomic E-state index is -4.76. The highest BCUT2D eigenvalue weighted by Gasteiger charge is 2.32. The molecule has 0 aliphatic heterocycles. The van der Waals surface area contributed by atoms with Gasteiger partial charge in [-0.05, 0) is 91.0 Å². The molecule has 328 valence electrons. The fourth-order valence-electron chi connectivity index (χ4n) is 6.15. The number of benzene rings is 4. The Morgan fingerprint density at radius 3 is 1.43 bits per heavy atom. The number of rotatable bonds is 10. The number of hydrogen-bond donors (Lipinski definition) is 1. The molecule has 1 N–H and O–H groups in total. The maximum absolute atomic E-state index is 12.5. The summed E-state index contributed by atoms with van der Waals surface area (Å²) in [5.41, 5.74) is 5.31. The SMILES string of the molecule is C.COc1ccn(-c2ccc(Br)cc2-c2oc(C)nc2-c2ccc(OC(F)(F)F)cc2)n1.Cc1nc(-c2ccc(OC(F)(F)F)cc2)c(-c2cc(Br)ccc2-n2ccc(CO)n2)o1. The number of hydrogen-bond acceptors (Lipinski definition) is 10. The molecule has 0 aliphatic carbocycles. The van der Waals surface area contributed by atoms with Crippen molar-refractivity contribution in [2.24, 2.45) is 0 Å². The molecule has 8 aromatic rings. The standard InChI is InChI=1S/2C21H15BrF3N3O3.CH4/c1-12-26-19(13-3-6-15(7-4-13)31-21(23,24)25)20(30-12)16-11-14(22)5-8-17(16)28-10-9-18(27-28)29-2;1-12-26-19(13-2-5-16(6-3-13)31-21(23,24)25)20(30-12)17-10-14(22)4-7-18(17)28-9-8-15(11-29)27-28;/h3-11H,1-2H3;2-10,29H,11H2,1H3;1H4. The average molecular weight is 1000 g/mol. The van der Waals surface area contributed by atoms with Gasteiger partial charge in [0.05, 0.1) is 30.8 Å². The lowest BCUT2D eigenvalue weighted by atomic mass is 10.0. The van der Waals surface area contributed by atoms with Crippen LogP contribution in [0, 0.1) is 13.8 Å². The van der Waals surface area contributed by atoms with E-state index in [4.69, 9.17) is 13.6 Å². The zero-order valence-electron chi connectivity index (χ0n) is 32.3. The van der Waals surface area contributed by atoms with Gasteiger partial charge in [0.1, 0.15) is 22.9 Å². The highest BCUT2D eigenvalue weighted by molar-refractivity contribution is 9.10. The fourth-order valence-corrected chi connectivity index (χ4v) is 6.87. The topological polar surface area (TPSA) is 136 Å². The second-order valence-corrected chi connectivity index (χ2v) is 14.8. The van der Waals surface area contributed by atoms with Crippen molar-refractivity contribution in [1.82, 2.24) is 29.5 Å². The number of aliphatic hydroxyl groups is 1. The largest absolute Gasteiger partial charge is 0.573 e. The van der Waals surface area contributed by atoms with Crippen molar-refractivity contribution in [2.75, 3.05) is 7.11 Å². The van der Waals surface area contributed by atoms with Gasteiger partial charge in [0.25, 0.3) is 0 Å². The normalized spacial score (nSPS) is 11.4. The Balaban J connectivity index is 0.000000206. The molecule has 4 aromatic carbocycles. The van der Waals surface area contributed by atoms with E-state index in [9.17, 15) is 31.4 Å². The lowest BCUT2D eigenvalue weighted by Gasteiger charge is -2.11. The van der Waals surface area contributed by atoms with Crippen LogP contribution in [0.3, 0.4) is 0 Å². The highest BCUT2D eigenvalue weighted by atomic mass is 79.9. The summed E-state index contributed by atoms with van der Waals surface area (Å²) >= 11 is 6.93. The van der Waals surface area contributed by atoms with Crippen molar-refractivity contribution >= 4 is 31.9 Å². The summed E-state index contributed by atoms with van der Waals surface area (Å²) in [4.78, 5) is 8.88. The molecule has 0 saturated heterocycles. The molecular formula is C43H34Br2F6N6O6. The molecule has 0 atom stereocenters. The second kappa shape index (κ2) is 18.9. The van der Waals surface area contributed by atoms with E-state index < -0.39 is 12.7 Å². The predicted molar refractivity (Wildman–Crippen MR) is 226 cm³/mol. The van der Waals surface area contributed by atoms with E-state index in [1.807, 2.05) is 36.4 Å². The third kappa shape index (κ3) is 11.2. The van der Waals surface area contributed by atoms with Crippen molar-refractivity contribution < 1.29 is 54.5 Å². The van der Waals surface area contributed by atoms with Gasteiger partial charge in [-0.15, -0.1) is 31.4 Å². The molecule has 8 rings (SSSR count). The lowest BCUT2D eigenvalue weighted by Crippen LogP contribution is -2.16. The molecule has 0 amide bonds. The summed E-state index contributed by atoms with van der Waals surface area (Å²) in [5.74, 6) is 1.49. The maximum atomic E-state index is 12.5. The number of aryl methyl sites for hydroxylation is 2. The summed E-state index contributed by atoms with van der Waals surface area (Å²) in [7, 11) is 1.53. The third-order valence-corrected chi connectivity index (χ3v) is 9.66. The molecule has 0 radical (unpaired) electrons. The van der Waals surface area contributed by atoms with Gasteiger partial charge in [0, 0.05) is 63.5 Å². The molecule has 0 spiro atoms. The van der Waals surface area contributed by atoms with Crippen molar-refractivity contribution in [3.63, 3.8) is 0 Å². The van der Waals surface area contributed by atoms with E-state index >= 15 is 0 Å². The van der Waals surface area contributed by atoms with Gasteiger partial charge in [0.15, 0.2) is 23.3 Å². The number of aromatic nitrogens is 6. The number of halogens is 8. The van der Waals surface area contributed by atoms with Crippen LogP contribution in [-0.4, -0.2) is 54.5 Å². The first-order valence-electron chi connectivity index (χ1n) is 18.0. The quantitative estimate of drug-likeness (QED) is 0.132. The Hall–Kier alpha value is -6.38. The monoisotopic (exact) mass is 1000 g/mol. The van der Waals surface area contributed by atoms with Gasteiger partial charge in [0.2, 0.25) is 5.88 Å². The third-order valence-electron chi connectivity index (χ3n) is 8.67. The first-order valence-corrected chi connectivity index (χ1v) is 19.6. The molecule has 0 bridgehead atoms. The van der Waals surface area contributed by atoms with Crippen LogP contribution in [0.25, 0.3) is 56.5 Å². The van der Waals surface area contributed by atoms with Gasteiger partial charge in [-0.3, -0.25) is 0 Å². The van der Waals surface area contributed by atoms with Crippen molar-refractivity contribution in [3.05, 3.63) is 136 Å². The Labute approximate surface area is 372 Å². The van der Waals surface area contributed by atoms with E-state index in [-0.39, 0.29) is 25.5 Å². The fraction of sp³-hybridized carbons (Fsp3) is 0.163. The molecule has 63 heavy (non-hydrogen) atoms. The van der Waals surface area contributed by atoms with Gasteiger partial charge < -0.3 is 28.2 Å². The summed E-state index contributed by atoms with van der Waals surface area (Å²) in [5, 5.41) is 18.0. The summed E-state index contributed by atoms with van der Waals surface area (Å²) < 4.78 is 104. The smallest absolute Gasteiger partial charge is 0.480 e. The van der Waals surface area contributed by atoms with Crippen LogP contribution in [0.4, 0.5) is 26.3 Å². The van der Waals surface area contributed by atoms with Crippen molar-refractivity contribution in [3.8, 4) is 73.9 Å². The number of ether oxygens (including phenoxy) is 3. The molecule has 12 nitrogen and oxygen atoms in total. The van der Waals surface area contributed by atoms with E-state index in [2.05, 4.69) is 61.5 Å². The molecule has 4 heterocycles. The van der Waals surface area contributed by atoms with Crippen LogP contribution in [0.1, 0.15) is 24.9 Å². The van der Waals surface area contributed by atoms with Crippen molar-refractivity contribution in [1.29, 1.82) is 0 Å². The van der Waals surface area contributed by atoms with Crippen LogP contribution in [0.5, 0.6) is 17.4 Å². The number of oxazole rings is 2. The molecule has 0 aliphatic rings. The minimum Gasteiger partial charge on any atom is -0.480 e. The Bertz CT molecular complexity index is 2630. The van der Waals surface area contributed by atoms with Crippen LogP contribution < -0.4 is 14.2 Å². The van der Waals surface area contributed by atoms with E-state index in [0.717, 1.165) is 8.95 Å². The number of aliphatic hydroxyl groups excluding tert-OH is 1. The zero-order chi connectivity index (χ0) is 44.3. The van der Waals surface area contributed by atoms with Gasteiger partial charge >= 0.3 is 12.7 Å². The summed E-state index contributed by atoms with van der Waals surface area (Å²) in [6.45, 7) is 3.18. The van der Waals surface area contributed by atoms with E-state index in [1.165, 1.54) is 55.6 Å². The Morgan fingerprint density at radius 1 is 0.619 bits per heavy atom. The minimum absolute atomic E-state index is 0. The van der Waals surface area contributed by atoms with Crippen LogP contribution in [0.2, 0.25) is 0 Å².